The predicted molar refractivity (Wildman–Crippen MR) is 92.7 cm³/mol. The summed E-state index contributed by atoms with van der Waals surface area (Å²) in [5, 5.41) is 0. The van der Waals surface area contributed by atoms with Gasteiger partial charge in [0.2, 0.25) is 0 Å². The smallest absolute Gasteiger partial charge is 0.280 e. The van der Waals surface area contributed by atoms with Gasteiger partial charge in [0.25, 0.3) is 5.91 Å². The molecule has 0 spiro atoms. The maximum atomic E-state index is 13.4. The van der Waals surface area contributed by atoms with Crippen molar-refractivity contribution in [3.05, 3.63) is 64.2 Å². The molecule has 0 atom stereocenters. The van der Waals surface area contributed by atoms with Crippen molar-refractivity contribution >= 4 is 27.5 Å². The van der Waals surface area contributed by atoms with E-state index in [-0.39, 0.29) is 5.56 Å². The predicted octanol–water partition coefficient (Wildman–Crippen LogP) is 3.54. The maximum Gasteiger partial charge on any atom is 0.280 e. The number of methoxy groups -OCH3 is 1. The summed E-state index contributed by atoms with van der Waals surface area (Å²) in [6.07, 6.45) is 0. The number of ether oxygens (including phenoxy) is 1. The second kappa shape index (κ2) is 7.07. The number of rotatable bonds is 4. The first kappa shape index (κ1) is 16.5. The number of nitrogens with zero attached hydrogens (tertiary/aromatic N) is 2. The zero-order valence-electron chi connectivity index (χ0n) is 13.5. The van der Waals surface area contributed by atoms with Crippen LogP contribution in [-0.2, 0) is 11.3 Å². The lowest BCUT2D eigenvalue weighted by molar-refractivity contribution is 0.0996. The second-order valence-electron chi connectivity index (χ2n) is 5.37. The van der Waals surface area contributed by atoms with Crippen LogP contribution >= 0.6 is 11.3 Å². The lowest BCUT2D eigenvalue weighted by Crippen LogP contribution is -2.19. The van der Waals surface area contributed by atoms with Gasteiger partial charge in [-0.2, -0.15) is 4.99 Å². The van der Waals surface area contributed by atoms with Crippen molar-refractivity contribution in [2.24, 2.45) is 4.99 Å². The topological polar surface area (TPSA) is 43.6 Å². The number of fused-ring (bicyclic) bond motifs is 1. The molecule has 124 valence electrons. The Hall–Kier alpha value is -2.31. The average molecular weight is 344 g/mol. The Labute approximate surface area is 142 Å². The molecule has 0 aliphatic rings. The molecule has 1 amide bonds. The van der Waals surface area contributed by atoms with Crippen molar-refractivity contribution in [1.82, 2.24) is 4.57 Å². The number of carbonyl (C=O) groups is 1. The van der Waals surface area contributed by atoms with Crippen LogP contribution in [0.2, 0.25) is 0 Å². The molecule has 0 unspecified atom stereocenters. The molecule has 0 saturated heterocycles. The standard InChI is InChI=1S/C18H17FN2O2S/c1-12-7-8-13(19)11-14(12)17(22)20-18-21(9-10-23-2)15-5-3-4-6-16(15)24-18/h3-8,11H,9-10H2,1-2H3/b20-18-. The Morgan fingerprint density at radius 1 is 1.29 bits per heavy atom. The third kappa shape index (κ3) is 3.29. The number of halogens is 1. The van der Waals surface area contributed by atoms with Gasteiger partial charge in [0.05, 0.1) is 16.8 Å². The van der Waals surface area contributed by atoms with Crippen molar-refractivity contribution < 1.29 is 13.9 Å². The Bertz CT molecular complexity index is 959. The van der Waals surface area contributed by atoms with Crippen LogP contribution in [-0.4, -0.2) is 24.2 Å². The van der Waals surface area contributed by atoms with Gasteiger partial charge in [-0.05, 0) is 36.8 Å². The summed E-state index contributed by atoms with van der Waals surface area (Å²) < 4.78 is 21.6. The van der Waals surface area contributed by atoms with E-state index < -0.39 is 11.7 Å². The van der Waals surface area contributed by atoms with E-state index in [0.29, 0.717) is 23.5 Å². The van der Waals surface area contributed by atoms with Crippen LogP contribution in [0.15, 0.2) is 47.5 Å². The highest BCUT2D eigenvalue weighted by atomic mass is 32.1. The summed E-state index contributed by atoms with van der Waals surface area (Å²) in [4.78, 5) is 17.3. The number of carbonyl (C=O) groups excluding carboxylic acids is 1. The van der Waals surface area contributed by atoms with Crippen molar-refractivity contribution in [2.45, 2.75) is 13.5 Å². The van der Waals surface area contributed by atoms with Gasteiger partial charge >= 0.3 is 0 Å². The number of amides is 1. The highest BCUT2D eigenvalue weighted by Crippen LogP contribution is 2.17. The van der Waals surface area contributed by atoms with Crippen LogP contribution in [0.4, 0.5) is 4.39 Å². The van der Waals surface area contributed by atoms with Gasteiger partial charge in [-0.25, -0.2) is 4.39 Å². The first-order chi connectivity index (χ1) is 11.6. The lowest BCUT2D eigenvalue weighted by Gasteiger charge is -2.04. The largest absolute Gasteiger partial charge is 0.383 e. The van der Waals surface area contributed by atoms with Crippen LogP contribution in [0.1, 0.15) is 15.9 Å². The van der Waals surface area contributed by atoms with E-state index in [1.54, 1.807) is 20.1 Å². The zero-order valence-corrected chi connectivity index (χ0v) is 14.3. The Morgan fingerprint density at radius 3 is 2.88 bits per heavy atom. The zero-order chi connectivity index (χ0) is 17.1. The van der Waals surface area contributed by atoms with Crippen LogP contribution in [0.5, 0.6) is 0 Å². The number of hydrogen-bond acceptors (Lipinski definition) is 3. The molecule has 3 aromatic rings. The van der Waals surface area contributed by atoms with Crippen LogP contribution in [0.3, 0.4) is 0 Å². The van der Waals surface area contributed by atoms with Crippen molar-refractivity contribution in [2.75, 3.05) is 13.7 Å². The molecular formula is C18H17FN2O2S. The molecule has 1 heterocycles. The van der Waals surface area contributed by atoms with E-state index in [1.165, 1.54) is 23.5 Å². The van der Waals surface area contributed by atoms with E-state index in [1.807, 2.05) is 28.8 Å². The Morgan fingerprint density at radius 2 is 2.08 bits per heavy atom. The summed E-state index contributed by atoms with van der Waals surface area (Å²) in [6, 6.07) is 12.0. The van der Waals surface area contributed by atoms with E-state index in [4.69, 9.17) is 4.74 Å². The number of aromatic nitrogens is 1. The summed E-state index contributed by atoms with van der Waals surface area (Å²) in [5.41, 5.74) is 1.99. The number of hydrogen-bond donors (Lipinski definition) is 0. The van der Waals surface area contributed by atoms with Crippen LogP contribution < -0.4 is 4.80 Å². The second-order valence-corrected chi connectivity index (χ2v) is 6.38. The fraction of sp³-hybridized carbons (Fsp3) is 0.222. The van der Waals surface area contributed by atoms with Gasteiger partial charge in [0.1, 0.15) is 5.82 Å². The SMILES string of the molecule is COCCn1/c(=N/C(=O)c2cc(F)ccc2C)sc2ccccc21. The molecule has 0 bridgehead atoms. The van der Waals surface area contributed by atoms with Gasteiger partial charge < -0.3 is 9.30 Å². The molecule has 0 aliphatic carbocycles. The van der Waals surface area contributed by atoms with Crippen molar-refractivity contribution in [3.8, 4) is 0 Å². The van der Waals surface area contributed by atoms with E-state index in [9.17, 15) is 9.18 Å². The minimum atomic E-state index is -0.442. The highest BCUT2D eigenvalue weighted by Gasteiger charge is 2.11. The molecule has 0 aliphatic heterocycles. The van der Waals surface area contributed by atoms with Crippen LogP contribution in [0, 0.1) is 12.7 Å². The summed E-state index contributed by atoms with van der Waals surface area (Å²) in [6.45, 7) is 2.88. The van der Waals surface area contributed by atoms with E-state index in [0.717, 1.165) is 10.2 Å². The van der Waals surface area contributed by atoms with Gasteiger partial charge in [0.15, 0.2) is 4.80 Å². The quantitative estimate of drug-likeness (QED) is 0.727. The third-order valence-corrected chi connectivity index (χ3v) is 4.79. The summed E-state index contributed by atoms with van der Waals surface area (Å²) in [7, 11) is 1.63. The Kier molecular flexibility index (Phi) is 4.87. The average Bonchev–Trinajstić information content (AvgIpc) is 2.92. The fourth-order valence-electron chi connectivity index (χ4n) is 2.48. The molecule has 24 heavy (non-hydrogen) atoms. The van der Waals surface area contributed by atoms with Crippen molar-refractivity contribution in [3.63, 3.8) is 0 Å². The number of benzene rings is 2. The molecular weight excluding hydrogens is 327 g/mol. The monoisotopic (exact) mass is 344 g/mol. The lowest BCUT2D eigenvalue weighted by atomic mass is 10.1. The van der Waals surface area contributed by atoms with Crippen molar-refractivity contribution in [1.29, 1.82) is 0 Å². The minimum Gasteiger partial charge on any atom is -0.383 e. The third-order valence-electron chi connectivity index (χ3n) is 3.73. The summed E-state index contributed by atoms with van der Waals surface area (Å²) >= 11 is 1.43. The number of aryl methyl sites for hydroxylation is 1. The van der Waals surface area contributed by atoms with E-state index in [2.05, 4.69) is 4.99 Å². The first-order valence-electron chi connectivity index (χ1n) is 7.52. The molecule has 1 aromatic heterocycles. The van der Waals surface area contributed by atoms with E-state index >= 15 is 0 Å². The molecule has 0 saturated carbocycles. The molecule has 4 nitrogen and oxygen atoms in total. The molecule has 0 radical (unpaired) electrons. The molecule has 3 rings (SSSR count). The van der Waals surface area contributed by atoms with Gasteiger partial charge in [-0.15, -0.1) is 0 Å². The highest BCUT2D eigenvalue weighted by molar-refractivity contribution is 7.16. The van der Waals surface area contributed by atoms with Gasteiger partial charge in [-0.1, -0.05) is 29.5 Å². The molecule has 6 heteroatoms. The fourth-order valence-corrected chi connectivity index (χ4v) is 3.53. The van der Waals surface area contributed by atoms with Gasteiger partial charge in [-0.3, -0.25) is 4.79 Å². The number of para-hydroxylation sites is 1. The minimum absolute atomic E-state index is 0.283. The maximum absolute atomic E-state index is 13.4. The molecule has 0 fully saturated rings. The van der Waals surface area contributed by atoms with Crippen LogP contribution in [0.25, 0.3) is 10.2 Å². The molecule has 0 N–H and O–H groups in total. The first-order valence-corrected chi connectivity index (χ1v) is 8.34. The number of thiazole rings is 1. The summed E-state index contributed by atoms with van der Waals surface area (Å²) in [5.74, 6) is -0.882. The molecule has 2 aromatic carbocycles. The van der Waals surface area contributed by atoms with Gasteiger partial charge in [0, 0.05) is 19.2 Å². The normalized spacial score (nSPS) is 12.0. The Balaban J connectivity index is 2.11.